The molecule has 0 unspecified atom stereocenters. The summed E-state index contributed by atoms with van der Waals surface area (Å²) in [4.78, 5) is 0. The van der Waals surface area contributed by atoms with Gasteiger partial charge in [-0.05, 0) is 0 Å². The Balaban J connectivity index is -0.0000000457. The van der Waals surface area contributed by atoms with E-state index in [1.165, 1.54) is 0 Å². The molecule has 0 saturated heterocycles. The van der Waals surface area contributed by atoms with E-state index in [0.29, 0.717) is 0 Å². The SMILES string of the molecule is [Ag+].[Cs+].[O-][I+3]([O-])([O-])[O-].[O-][I+3]([O-])([O-])[O-]. The molecule has 0 radical (unpaired) electrons. The van der Waals surface area contributed by atoms with Crippen molar-refractivity contribution in [1.82, 2.24) is 0 Å². The van der Waals surface area contributed by atoms with Gasteiger partial charge in [-0.15, -0.1) is 0 Å². The van der Waals surface area contributed by atoms with Crippen molar-refractivity contribution in [2.24, 2.45) is 0 Å². The van der Waals surface area contributed by atoms with Crippen LogP contribution in [0.5, 0.6) is 0 Å². The molecule has 0 saturated carbocycles. The van der Waals surface area contributed by atoms with Crippen molar-refractivity contribution in [2.45, 2.75) is 0 Å². The van der Waals surface area contributed by atoms with Crippen LogP contribution >= 0.6 is 0 Å². The monoisotopic (exact) mass is 622 g/mol. The fourth-order valence-electron chi connectivity index (χ4n) is 0. The summed E-state index contributed by atoms with van der Waals surface area (Å²) in [6.45, 7) is 0. The third kappa shape index (κ3) is 151. The molecule has 0 bridgehead atoms. The summed E-state index contributed by atoms with van der Waals surface area (Å²) in [5.41, 5.74) is 0. The van der Waals surface area contributed by atoms with Crippen molar-refractivity contribution in [3.8, 4) is 0 Å². The first-order valence-corrected chi connectivity index (χ1v) is 8.28. The summed E-state index contributed by atoms with van der Waals surface area (Å²) >= 11 is -11.9. The zero-order chi connectivity index (χ0) is 9.00. The second-order valence-electron chi connectivity index (χ2n) is 0.756. The van der Waals surface area contributed by atoms with E-state index in [1.54, 1.807) is 0 Å². The number of hydrogen-bond donors (Lipinski definition) is 0. The minimum Gasteiger partial charge on any atom is -0.286 e. The molecular weight excluding hydrogens is 623 g/mol. The van der Waals surface area contributed by atoms with Gasteiger partial charge >= 0.3 is 91.3 Å². The third-order valence-corrected chi connectivity index (χ3v) is 0. The maximum absolute atomic E-state index is 8.62. The first-order chi connectivity index (χ1) is 4.00. The van der Waals surface area contributed by atoms with E-state index >= 15 is 0 Å². The van der Waals surface area contributed by atoms with Gasteiger partial charge in [-0.2, -0.15) is 0 Å². The van der Waals surface area contributed by atoms with Crippen LogP contribution in [0.1, 0.15) is 0 Å². The number of rotatable bonds is 0. The van der Waals surface area contributed by atoms with Crippen LogP contribution in [-0.4, -0.2) is 0 Å². The topological polar surface area (TPSA) is 184 Å². The summed E-state index contributed by atoms with van der Waals surface area (Å²) in [7, 11) is 0. The summed E-state index contributed by atoms with van der Waals surface area (Å²) < 4.78 is 68.9. The van der Waals surface area contributed by atoms with Crippen molar-refractivity contribution < 1.29 is 159 Å². The molecule has 0 aliphatic rings. The molecule has 0 aliphatic carbocycles. The Kier molecular flexibility index (Phi) is 23.7. The number of halogens is 2. The van der Waals surface area contributed by atoms with Crippen LogP contribution in [-0.2, 0) is 22.4 Å². The van der Waals surface area contributed by atoms with E-state index < -0.39 is 40.2 Å². The van der Waals surface area contributed by atoms with Crippen molar-refractivity contribution in [3.05, 3.63) is 0 Å². The molecule has 0 rings (SSSR count). The van der Waals surface area contributed by atoms with Gasteiger partial charge in [0.1, 0.15) is 40.2 Å². The zero-order valence-electron chi connectivity index (χ0n) is 5.32. The molecule has 0 atom stereocenters. The molecule has 0 heterocycles. The van der Waals surface area contributed by atoms with E-state index in [0.717, 1.165) is 0 Å². The molecule has 8 nitrogen and oxygen atoms in total. The van der Waals surface area contributed by atoms with E-state index in [9.17, 15) is 0 Å². The standard InChI is InChI=1S/Ag.Cs.2IO4/c;;2*2-1(3,4)5/q2*+1;2*-1. The smallest absolute Gasteiger partial charge is 0.286 e. The van der Waals surface area contributed by atoms with E-state index in [2.05, 4.69) is 0 Å². The Morgan fingerprint density at radius 1 is 0.500 bits per heavy atom. The van der Waals surface area contributed by atoms with Crippen LogP contribution in [0, 0.1) is 0 Å². The largest absolute Gasteiger partial charge is 1.00 e. The van der Waals surface area contributed by atoms with Crippen LogP contribution in [0.2, 0.25) is 0 Å². The molecule has 0 amide bonds. The molecule has 0 spiro atoms. The summed E-state index contributed by atoms with van der Waals surface area (Å²) in [5, 5.41) is 0. The fourth-order valence-corrected chi connectivity index (χ4v) is 0. The van der Waals surface area contributed by atoms with E-state index in [4.69, 9.17) is 27.5 Å². The van der Waals surface area contributed by atoms with Gasteiger partial charge in [0.25, 0.3) is 0 Å². The maximum atomic E-state index is 8.62. The van der Waals surface area contributed by atoms with Gasteiger partial charge in [0.05, 0.1) is 0 Å². The van der Waals surface area contributed by atoms with Crippen LogP contribution in [0.4, 0.5) is 0 Å². The zero-order valence-corrected chi connectivity index (χ0v) is 17.4. The molecule has 0 aromatic carbocycles. The molecule has 0 aromatic heterocycles. The Morgan fingerprint density at radius 2 is 0.500 bits per heavy atom. The average molecular weight is 623 g/mol. The van der Waals surface area contributed by atoms with Crippen molar-refractivity contribution in [2.75, 3.05) is 0 Å². The van der Waals surface area contributed by atoms with Gasteiger partial charge in [0.2, 0.25) is 0 Å². The molecule has 74 valence electrons. The Hall–Kier alpha value is 3.93. The first kappa shape index (κ1) is 25.0. The van der Waals surface area contributed by atoms with Crippen LogP contribution in [0.3, 0.4) is 0 Å². The van der Waals surface area contributed by atoms with Gasteiger partial charge < -0.3 is 0 Å². The minimum absolute atomic E-state index is 0. The summed E-state index contributed by atoms with van der Waals surface area (Å²) in [6, 6.07) is 0. The maximum Gasteiger partial charge on any atom is 1.00 e. The molecule has 0 N–H and O–H groups in total. The third-order valence-electron chi connectivity index (χ3n) is 0. The van der Waals surface area contributed by atoms with Gasteiger partial charge in [0, 0.05) is 0 Å². The van der Waals surface area contributed by atoms with Gasteiger partial charge in [-0.3, -0.25) is 27.5 Å². The van der Waals surface area contributed by atoms with Gasteiger partial charge in [-0.25, -0.2) is 0 Å². The second kappa shape index (κ2) is 11.4. The van der Waals surface area contributed by atoms with Gasteiger partial charge in [-0.1, -0.05) is 0 Å². The molecule has 0 aromatic rings. The number of hydrogen-bond acceptors (Lipinski definition) is 8. The van der Waals surface area contributed by atoms with Gasteiger partial charge in [0.15, 0.2) is 0 Å². The van der Waals surface area contributed by atoms with Crippen molar-refractivity contribution >= 4 is 0 Å². The normalized spacial score (nSPS) is 10.0. The fraction of sp³-hybridized carbons (Fsp3) is 0. The molecule has 0 aliphatic heterocycles. The first-order valence-electron chi connectivity index (χ1n) is 1.23. The Labute approximate surface area is 154 Å². The minimum atomic E-state index is -5.94. The second-order valence-corrected chi connectivity index (χ2v) is 5.07. The van der Waals surface area contributed by atoms with Crippen LogP contribution in [0.15, 0.2) is 0 Å². The Morgan fingerprint density at radius 3 is 0.500 bits per heavy atom. The molecule has 0 fully saturated rings. The van der Waals surface area contributed by atoms with E-state index in [-0.39, 0.29) is 91.3 Å². The summed E-state index contributed by atoms with van der Waals surface area (Å²) in [5.74, 6) is 0. The molecule has 12 heteroatoms. The predicted octanol–water partition coefficient (Wildman–Crippen LogP) is -18.5. The van der Waals surface area contributed by atoms with Crippen LogP contribution < -0.4 is 137 Å². The quantitative estimate of drug-likeness (QED) is 0.188. The van der Waals surface area contributed by atoms with Crippen LogP contribution in [0.25, 0.3) is 0 Å². The average Bonchev–Trinajstić information content (AvgIpc) is 1.12. The van der Waals surface area contributed by atoms with E-state index in [1.807, 2.05) is 0 Å². The van der Waals surface area contributed by atoms with Crippen molar-refractivity contribution in [1.29, 1.82) is 0 Å². The molecule has 12 heavy (non-hydrogen) atoms. The Bertz CT molecular complexity index is 60.0. The summed E-state index contributed by atoms with van der Waals surface area (Å²) in [6.07, 6.45) is 0. The van der Waals surface area contributed by atoms with Crippen molar-refractivity contribution in [3.63, 3.8) is 0 Å². The molecular formula is AgCsI2O8. The predicted molar refractivity (Wildman–Crippen MR) is 0 cm³/mol.